The van der Waals surface area contributed by atoms with Crippen molar-refractivity contribution in [3.8, 4) is 0 Å². The molecular weight excluding hydrogens is 165 g/mol. The van der Waals surface area contributed by atoms with Gasteiger partial charge in [0.05, 0.1) is 5.88 Å². The number of nitrogens with zero attached hydrogens (tertiary/aromatic N) is 1. The summed E-state index contributed by atoms with van der Waals surface area (Å²) in [6, 6.07) is 1.76. The van der Waals surface area contributed by atoms with Crippen LogP contribution in [0.2, 0.25) is 5.15 Å². The lowest BCUT2D eigenvalue weighted by Crippen LogP contribution is -1.59. The van der Waals surface area contributed by atoms with Crippen molar-refractivity contribution in [2.24, 2.45) is 0 Å². The minimum absolute atomic E-state index is 0.504. The zero-order valence-electron chi connectivity index (χ0n) is 3.90. The van der Waals surface area contributed by atoms with Crippen LogP contribution in [0.25, 0.3) is 0 Å². The van der Waals surface area contributed by atoms with E-state index in [0.29, 0.717) is 11.0 Å². The van der Waals surface area contributed by atoms with E-state index in [-0.39, 0.29) is 0 Å². The van der Waals surface area contributed by atoms with Crippen molar-refractivity contribution in [2.75, 3.05) is 0 Å². The lowest BCUT2D eigenvalue weighted by molar-refractivity contribution is 1.52. The second kappa shape index (κ2) is 2.67. The Balaban J connectivity index is 2.84. The van der Waals surface area contributed by atoms with Gasteiger partial charge in [-0.25, -0.2) is 0 Å². The van der Waals surface area contributed by atoms with Crippen molar-refractivity contribution in [1.29, 1.82) is 0 Å². The van der Waals surface area contributed by atoms with Crippen LogP contribution < -0.4 is 0 Å². The zero-order valence-corrected chi connectivity index (χ0v) is 6.22. The van der Waals surface area contributed by atoms with Crippen molar-refractivity contribution in [2.45, 2.75) is 5.88 Å². The SMILES string of the molecule is ClCc1cc(Cl)ns1. The average Bonchev–Trinajstić information content (AvgIpc) is 2.14. The molecule has 0 aromatic carbocycles. The van der Waals surface area contributed by atoms with Gasteiger partial charge in [-0.15, -0.1) is 11.6 Å². The second-order valence-electron chi connectivity index (χ2n) is 1.25. The minimum atomic E-state index is 0.504. The Hall–Kier alpha value is 0.210. The van der Waals surface area contributed by atoms with Gasteiger partial charge in [0.15, 0.2) is 0 Å². The summed E-state index contributed by atoms with van der Waals surface area (Å²) in [6.45, 7) is 0. The van der Waals surface area contributed by atoms with Crippen molar-refractivity contribution >= 4 is 34.7 Å². The molecule has 0 unspecified atom stereocenters. The van der Waals surface area contributed by atoms with E-state index in [4.69, 9.17) is 23.2 Å². The molecule has 0 bridgehead atoms. The molecule has 0 saturated heterocycles. The molecule has 1 nitrogen and oxygen atoms in total. The van der Waals surface area contributed by atoms with Gasteiger partial charge < -0.3 is 0 Å². The van der Waals surface area contributed by atoms with Gasteiger partial charge in [0.2, 0.25) is 0 Å². The number of hydrogen-bond acceptors (Lipinski definition) is 2. The third-order valence-electron chi connectivity index (χ3n) is 0.662. The molecule has 0 aliphatic carbocycles. The first kappa shape index (κ1) is 6.33. The molecule has 0 aliphatic rings. The molecule has 1 aromatic rings. The summed E-state index contributed by atoms with van der Waals surface area (Å²) in [7, 11) is 0. The van der Waals surface area contributed by atoms with E-state index >= 15 is 0 Å². The van der Waals surface area contributed by atoms with E-state index in [1.54, 1.807) is 6.07 Å². The first-order valence-electron chi connectivity index (χ1n) is 2.00. The monoisotopic (exact) mass is 167 g/mol. The Morgan fingerprint density at radius 3 is 2.75 bits per heavy atom. The number of aromatic nitrogens is 1. The molecule has 0 radical (unpaired) electrons. The van der Waals surface area contributed by atoms with Gasteiger partial charge in [-0.3, -0.25) is 0 Å². The molecular formula is C4H3Cl2NS. The fourth-order valence-electron chi connectivity index (χ4n) is 0.351. The Kier molecular flexibility index (Phi) is 2.11. The third kappa shape index (κ3) is 1.34. The lowest BCUT2D eigenvalue weighted by Gasteiger charge is -1.74. The maximum Gasteiger partial charge on any atom is 0.143 e. The first-order valence-corrected chi connectivity index (χ1v) is 3.68. The maximum atomic E-state index is 5.48. The summed E-state index contributed by atoms with van der Waals surface area (Å²) in [5.74, 6) is 0.504. The number of rotatable bonds is 1. The van der Waals surface area contributed by atoms with Gasteiger partial charge in [-0.2, -0.15) is 4.37 Å². The van der Waals surface area contributed by atoms with Gasteiger partial charge in [0.25, 0.3) is 0 Å². The highest BCUT2D eigenvalue weighted by Crippen LogP contribution is 2.15. The van der Waals surface area contributed by atoms with Crippen LogP contribution in [0.4, 0.5) is 0 Å². The van der Waals surface area contributed by atoms with Gasteiger partial charge >= 0.3 is 0 Å². The quantitative estimate of drug-likeness (QED) is 0.587. The first-order chi connectivity index (χ1) is 3.83. The highest BCUT2D eigenvalue weighted by atomic mass is 35.5. The van der Waals surface area contributed by atoms with Gasteiger partial charge in [0, 0.05) is 4.88 Å². The molecule has 0 aliphatic heterocycles. The number of halogens is 2. The number of hydrogen-bond donors (Lipinski definition) is 0. The van der Waals surface area contributed by atoms with Crippen LogP contribution in [0.5, 0.6) is 0 Å². The Bertz CT molecular complexity index is 174. The summed E-state index contributed by atoms with van der Waals surface area (Å²) < 4.78 is 3.81. The lowest BCUT2D eigenvalue weighted by atomic mass is 10.6. The molecule has 0 amide bonds. The third-order valence-corrected chi connectivity index (χ3v) is 2.19. The summed E-state index contributed by atoms with van der Waals surface area (Å²) >= 11 is 12.3. The van der Waals surface area contributed by atoms with Crippen LogP contribution in [0.1, 0.15) is 4.88 Å². The normalized spacial score (nSPS) is 9.75. The van der Waals surface area contributed by atoms with Gasteiger partial charge in [0.1, 0.15) is 5.15 Å². The predicted octanol–water partition coefficient (Wildman–Crippen LogP) is 2.54. The zero-order chi connectivity index (χ0) is 5.98. The van der Waals surface area contributed by atoms with E-state index in [9.17, 15) is 0 Å². The van der Waals surface area contributed by atoms with E-state index in [2.05, 4.69) is 4.37 Å². The van der Waals surface area contributed by atoms with E-state index in [1.165, 1.54) is 11.5 Å². The highest BCUT2D eigenvalue weighted by Gasteiger charge is 1.94. The van der Waals surface area contributed by atoms with Crippen molar-refractivity contribution in [3.05, 3.63) is 16.1 Å². The van der Waals surface area contributed by atoms with Crippen molar-refractivity contribution in [3.63, 3.8) is 0 Å². The van der Waals surface area contributed by atoms with Crippen LogP contribution in [-0.2, 0) is 5.88 Å². The summed E-state index contributed by atoms with van der Waals surface area (Å²) in [5.41, 5.74) is 0. The Labute approximate surface area is 61.4 Å². The van der Waals surface area contributed by atoms with Gasteiger partial charge in [-0.1, -0.05) is 11.6 Å². The standard InChI is InChI=1S/C4H3Cl2NS/c5-2-3-1-4(6)7-8-3/h1H,2H2. The Morgan fingerprint density at radius 2 is 2.50 bits per heavy atom. The van der Waals surface area contributed by atoms with Crippen LogP contribution >= 0.6 is 34.7 Å². The molecule has 0 spiro atoms. The molecule has 0 N–H and O–H groups in total. The number of alkyl halides is 1. The second-order valence-corrected chi connectivity index (χ2v) is 2.79. The predicted molar refractivity (Wildman–Crippen MR) is 36.7 cm³/mol. The molecule has 1 rings (SSSR count). The van der Waals surface area contributed by atoms with Crippen LogP contribution in [-0.4, -0.2) is 4.37 Å². The van der Waals surface area contributed by atoms with E-state index in [1.807, 2.05) is 0 Å². The van der Waals surface area contributed by atoms with Crippen molar-refractivity contribution < 1.29 is 0 Å². The van der Waals surface area contributed by atoms with Gasteiger partial charge in [-0.05, 0) is 17.6 Å². The molecule has 8 heavy (non-hydrogen) atoms. The fourth-order valence-corrected chi connectivity index (χ4v) is 1.34. The Morgan fingerprint density at radius 1 is 1.75 bits per heavy atom. The molecule has 4 heteroatoms. The van der Waals surface area contributed by atoms with E-state index in [0.717, 1.165) is 4.88 Å². The average molecular weight is 168 g/mol. The molecule has 1 heterocycles. The maximum absolute atomic E-state index is 5.48. The van der Waals surface area contributed by atoms with E-state index < -0.39 is 0 Å². The topological polar surface area (TPSA) is 12.9 Å². The minimum Gasteiger partial charge on any atom is -0.181 e. The highest BCUT2D eigenvalue weighted by molar-refractivity contribution is 7.06. The van der Waals surface area contributed by atoms with Crippen LogP contribution in [0.3, 0.4) is 0 Å². The molecule has 0 atom stereocenters. The summed E-state index contributed by atoms with van der Waals surface area (Å²) in [6.07, 6.45) is 0. The molecule has 1 aromatic heterocycles. The van der Waals surface area contributed by atoms with Crippen LogP contribution in [0, 0.1) is 0 Å². The molecule has 44 valence electrons. The smallest absolute Gasteiger partial charge is 0.143 e. The summed E-state index contributed by atoms with van der Waals surface area (Å²) in [5, 5.41) is 0.533. The summed E-state index contributed by atoms with van der Waals surface area (Å²) in [4.78, 5) is 1.01. The largest absolute Gasteiger partial charge is 0.181 e. The molecule has 0 fully saturated rings. The fraction of sp³-hybridized carbons (Fsp3) is 0.250. The van der Waals surface area contributed by atoms with Crippen molar-refractivity contribution in [1.82, 2.24) is 4.37 Å². The van der Waals surface area contributed by atoms with Crippen LogP contribution in [0.15, 0.2) is 6.07 Å². The molecule has 0 saturated carbocycles.